The van der Waals surface area contributed by atoms with Crippen LogP contribution in [0.4, 0.5) is 0 Å². The Balaban J connectivity index is 3.46. The van der Waals surface area contributed by atoms with Crippen LogP contribution >= 0.6 is 0 Å². The maximum atomic E-state index is 12.4. The van der Waals surface area contributed by atoms with Gasteiger partial charge in [0.2, 0.25) is 5.91 Å². The van der Waals surface area contributed by atoms with E-state index in [1.54, 1.807) is 6.08 Å². The smallest absolute Gasteiger partial charge is 0.305 e. The fourth-order valence-electron chi connectivity index (χ4n) is 7.80. The molecule has 3 N–H and O–H groups in total. The normalized spacial score (nSPS) is 12.9. The molecule has 0 aliphatic carbocycles. The van der Waals surface area contributed by atoms with Gasteiger partial charge in [0.05, 0.1) is 25.4 Å². The van der Waals surface area contributed by atoms with Crippen molar-refractivity contribution in [1.29, 1.82) is 0 Å². The van der Waals surface area contributed by atoms with Crippen molar-refractivity contribution < 1.29 is 24.5 Å². The Hall–Kier alpha value is -1.92. The minimum Gasteiger partial charge on any atom is -0.466 e. The van der Waals surface area contributed by atoms with Crippen molar-refractivity contribution in [1.82, 2.24) is 5.32 Å². The highest BCUT2D eigenvalue weighted by Crippen LogP contribution is 2.14. The van der Waals surface area contributed by atoms with Crippen molar-refractivity contribution in [2.75, 3.05) is 13.2 Å². The average molecular weight is 844 g/mol. The fourth-order valence-corrected chi connectivity index (χ4v) is 7.80. The summed E-state index contributed by atoms with van der Waals surface area (Å²) in [4.78, 5) is 24.4. The number of unbranched alkanes of at least 4 members (excludes halogenated alkanes) is 33. The number of esters is 1. The summed E-state index contributed by atoms with van der Waals surface area (Å²) in [5.41, 5.74) is 0. The topological polar surface area (TPSA) is 95.9 Å². The molecule has 1 amide bonds. The number of nitrogens with one attached hydrogen (secondary N) is 1. The van der Waals surface area contributed by atoms with Crippen LogP contribution in [0.2, 0.25) is 0 Å². The van der Waals surface area contributed by atoms with Crippen molar-refractivity contribution in [3.05, 3.63) is 36.5 Å². The molecular formula is C54H101NO5. The monoisotopic (exact) mass is 844 g/mol. The first-order chi connectivity index (χ1) is 29.5. The van der Waals surface area contributed by atoms with Crippen LogP contribution in [0.25, 0.3) is 0 Å². The summed E-state index contributed by atoms with van der Waals surface area (Å²) in [5, 5.41) is 22.9. The highest BCUT2D eigenvalue weighted by molar-refractivity contribution is 5.76. The summed E-state index contributed by atoms with van der Waals surface area (Å²) in [5.74, 6) is -0.0960. The van der Waals surface area contributed by atoms with Crippen molar-refractivity contribution in [3.8, 4) is 0 Å². The molecule has 0 aliphatic heterocycles. The average Bonchev–Trinajstić information content (AvgIpc) is 3.25. The quantitative estimate of drug-likeness (QED) is 0.0322. The number of allylic oxidation sites excluding steroid dienone is 5. The zero-order valence-corrected chi connectivity index (χ0v) is 39.9. The highest BCUT2D eigenvalue weighted by atomic mass is 16.5. The van der Waals surface area contributed by atoms with E-state index in [1.165, 1.54) is 180 Å². The Bertz CT molecular complexity index is 977. The molecule has 2 unspecified atom stereocenters. The summed E-state index contributed by atoms with van der Waals surface area (Å²) in [6.45, 7) is 4.85. The number of rotatable bonds is 48. The fraction of sp³-hybridized carbons (Fsp3) is 0.852. The first kappa shape index (κ1) is 58.1. The molecule has 0 saturated carbocycles. The standard InChI is InChI=1S/C54H101NO5/c1-3-5-7-9-11-13-15-16-17-18-22-25-28-32-36-40-44-48-54(59)60-49-45-41-37-33-29-26-23-20-19-21-24-27-31-35-39-43-47-53(58)55-51(50-56)52(57)46-42-38-34-30-14-12-10-8-6-4-2/h16-17,19,21,42,46,51-52,56-57H,3-15,18,20,22-41,43-45,47-50H2,1-2H3,(H,55,58)/b17-16-,21-19-,46-42+. The Morgan fingerprint density at radius 3 is 1.18 bits per heavy atom. The first-order valence-corrected chi connectivity index (χ1v) is 26.3. The van der Waals surface area contributed by atoms with Gasteiger partial charge in [-0.25, -0.2) is 0 Å². The predicted molar refractivity (Wildman–Crippen MR) is 259 cm³/mol. The molecule has 6 heteroatoms. The summed E-state index contributed by atoms with van der Waals surface area (Å²) >= 11 is 0. The van der Waals surface area contributed by atoms with Crippen molar-refractivity contribution in [2.45, 2.75) is 283 Å². The SMILES string of the molecule is CCCCCCCC/C=C\CCCCCCCCCC(=O)OCCCCCCCCC/C=C\CCCCCCCC(=O)NC(CO)C(O)/C=C/CCCCCCCCCC. The number of aliphatic hydroxyl groups excluding tert-OH is 2. The van der Waals surface area contributed by atoms with E-state index in [0.29, 0.717) is 19.4 Å². The van der Waals surface area contributed by atoms with Gasteiger partial charge in [-0.15, -0.1) is 0 Å². The molecule has 0 aliphatic rings. The van der Waals surface area contributed by atoms with E-state index in [4.69, 9.17) is 4.74 Å². The number of amides is 1. The Morgan fingerprint density at radius 2 is 0.783 bits per heavy atom. The van der Waals surface area contributed by atoms with Crippen LogP contribution in [0.5, 0.6) is 0 Å². The van der Waals surface area contributed by atoms with E-state index < -0.39 is 12.1 Å². The van der Waals surface area contributed by atoms with Gasteiger partial charge in [0, 0.05) is 12.8 Å². The number of ether oxygens (including phenoxy) is 1. The summed E-state index contributed by atoms with van der Waals surface area (Å²) in [6.07, 6.45) is 60.1. The number of carbonyl (C=O) groups is 2. The molecule has 0 saturated heterocycles. The molecule has 60 heavy (non-hydrogen) atoms. The van der Waals surface area contributed by atoms with Gasteiger partial charge in [-0.3, -0.25) is 9.59 Å². The molecule has 6 nitrogen and oxygen atoms in total. The third-order valence-corrected chi connectivity index (χ3v) is 11.9. The van der Waals surface area contributed by atoms with Crippen molar-refractivity contribution in [3.63, 3.8) is 0 Å². The number of hydrogen-bond acceptors (Lipinski definition) is 5. The lowest BCUT2D eigenvalue weighted by Gasteiger charge is -2.20. The largest absolute Gasteiger partial charge is 0.466 e. The van der Waals surface area contributed by atoms with Crippen molar-refractivity contribution in [2.24, 2.45) is 0 Å². The lowest BCUT2D eigenvalue weighted by molar-refractivity contribution is -0.143. The van der Waals surface area contributed by atoms with Crippen LogP contribution in [0.15, 0.2) is 36.5 Å². The predicted octanol–water partition coefficient (Wildman–Crippen LogP) is 15.7. The van der Waals surface area contributed by atoms with E-state index in [2.05, 4.69) is 43.5 Å². The second-order valence-electron chi connectivity index (χ2n) is 17.8. The van der Waals surface area contributed by atoms with Gasteiger partial charge in [0.1, 0.15) is 0 Å². The molecule has 0 rings (SSSR count). The zero-order chi connectivity index (χ0) is 43.7. The third kappa shape index (κ3) is 45.6. The van der Waals surface area contributed by atoms with E-state index in [-0.39, 0.29) is 18.5 Å². The molecule has 0 aromatic rings. The maximum absolute atomic E-state index is 12.4. The van der Waals surface area contributed by atoms with Gasteiger partial charge in [-0.1, -0.05) is 211 Å². The third-order valence-electron chi connectivity index (χ3n) is 11.9. The Labute approximate surface area is 373 Å². The molecule has 0 aromatic carbocycles. The Morgan fingerprint density at radius 1 is 0.450 bits per heavy atom. The van der Waals surface area contributed by atoms with Gasteiger partial charge in [-0.05, 0) is 83.5 Å². The van der Waals surface area contributed by atoms with Crippen LogP contribution in [-0.2, 0) is 14.3 Å². The van der Waals surface area contributed by atoms with E-state index in [1.807, 2.05) is 6.08 Å². The van der Waals surface area contributed by atoms with Gasteiger partial charge < -0.3 is 20.3 Å². The van der Waals surface area contributed by atoms with Crippen LogP contribution in [0.3, 0.4) is 0 Å². The molecule has 352 valence electrons. The molecule has 0 fully saturated rings. The summed E-state index contributed by atoms with van der Waals surface area (Å²) in [7, 11) is 0. The number of carbonyl (C=O) groups excluding carboxylic acids is 2. The number of hydrogen-bond donors (Lipinski definition) is 3. The summed E-state index contributed by atoms with van der Waals surface area (Å²) in [6, 6.07) is -0.638. The molecule has 2 atom stereocenters. The Kier molecular flexibility index (Phi) is 48.1. The molecule has 0 heterocycles. The lowest BCUT2D eigenvalue weighted by Crippen LogP contribution is -2.45. The maximum Gasteiger partial charge on any atom is 0.305 e. The van der Waals surface area contributed by atoms with Crippen molar-refractivity contribution >= 4 is 11.9 Å². The van der Waals surface area contributed by atoms with Gasteiger partial charge >= 0.3 is 5.97 Å². The van der Waals surface area contributed by atoms with Crippen LogP contribution in [0, 0.1) is 0 Å². The van der Waals surface area contributed by atoms with E-state index in [9.17, 15) is 19.8 Å². The van der Waals surface area contributed by atoms with E-state index >= 15 is 0 Å². The van der Waals surface area contributed by atoms with Gasteiger partial charge in [-0.2, -0.15) is 0 Å². The second-order valence-corrected chi connectivity index (χ2v) is 17.8. The minimum absolute atomic E-state index is 0.00803. The molecular weight excluding hydrogens is 743 g/mol. The van der Waals surface area contributed by atoms with Gasteiger partial charge in [0.25, 0.3) is 0 Å². The van der Waals surface area contributed by atoms with Crippen LogP contribution < -0.4 is 5.32 Å². The molecule has 0 aromatic heterocycles. The number of aliphatic hydroxyl groups is 2. The molecule has 0 radical (unpaired) electrons. The minimum atomic E-state index is -0.853. The first-order valence-electron chi connectivity index (χ1n) is 26.3. The molecule has 0 spiro atoms. The lowest BCUT2D eigenvalue weighted by atomic mass is 10.1. The van der Waals surface area contributed by atoms with Crippen LogP contribution in [-0.4, -0.2) is 47.4 Å². The molecule has 0 bridgehead atoms. The second kappa shape index (κ2) is 49.7. The van der Waals surface area contributed by atoms with Crippen LogP contribution in [0.1, 0.15) is 271 Å². The zero-order valence-electron chi connectivity index (χ0n) is 39.9. The van der Waals surface area contributed by atoms with E-state index in [0.717, 1.165) is 64.2 Å². The summed E-state index contributed by atoms with van der Waals surface area (Å²) < 4.78 is 5.47. The van der Waals surface area contributed by atoms with Gasteiger partial charge in [0.15, 0.2) is 0 Å². The highest BCUT2D eigenvalue weighted by Gasteiger charge is 2.18.